The molecule has 3 aromatic rings. The molecule has 0 bridgehead atoms. The number of benzene rings is 1. The van der Waals surface area contributed by atoms with E-state index in [1.165, 1.54) is 23.1 Å². The van der Waals surface area contributed by atoms with Crippen molar-refractivity contribution in [2.75, 3.05) is 12.4 Å². The van der Waals surface area contributed by atoms with Crippen LogP contribution in [0.15, 0.2) is 57.5 Å². The Kier molecular flexibility index (Phi) is 4.58. The fourth-order valence-corrected chi connectivity index (χ4v) is 4.01. The van der Waals surface area contributed by atoms with Gasteiger partial charge in [0, 0.05) is 4.47 Å². The molecule has 3 heterocycles. The fourth-order valence-electron chi connectivity index (χ4n) is 2.91. The van der Waals surface area contributed by atoms with Gasteiger partial charge in [0.1, 0.15) is 11.7 Å². The zero-order valence-electron chi connectivity index (χ0n) is 13.9. The van der Waals surface area contributed by atoms with Gasteiger partial charge in [0.15, 0.2) is 0 Å². The number of nitrogens with zero attached hydrogens (tertiary/aromatic N) is 4. The number of thiophene rings is 1. The van der Waals surface area contributed by atoms with Gasteiger partial charge in [0.2, 0.25) is 11.7 Å². The minimum absolute atomic E-state index is 0.0307. The summed E-state index contributed by atoms with van der Waals surface area (Å²) in [4.78, 5) is 26.3. The predicted molar refractivity (Wildman–Crippen MR) is 101 cm³/mol. The second kappa shape index (κ2) is 7.05. The number of ether oxygens (including phenoxy) is 1. The van der Waals surface area contributed by atoms with Crippen LogP contribution in [-0.4, -0.2) is 39.1 Å². The van der Waals surface area contributed by atoms with E-state index in [4.69, 9.17) is 4.74 Å². The molecular weight excluding hydrogens is 434 g/mol. The third-order valence-electron chi connectivity index (χ3n) is 4.06. The number of hydrogen-bond donors (Lipinski definition) is 1. The molecule has 0 aliphatic carbocycles. The highest BCUT2D eigenvalue weighted by molar-refractivity contribution is 9.10. The highest BCUT2D eigenvalue weighted by Crippen LogP contribution is 2.37. The van der Waals surface area contributed by atoms with Gasteiger partial charge < -0.3 is 10.1 Å². The lowest BCUT2D eigenvalue weighted by molar-refractivity contribution is -0.136. The number of tetrazole rings is 1. The van der Waals surface area contributed by atoms with Crippen LogP contribution < -0.4 is 5.32 Å². The number of rotatable bonds is 4. The van der Waals surface area contributed by atoms with Crippen molar-refractivity contribution in [3.8, 4) is 0 Å². The topological polar surface area (TPSA) is 99.0 Å². The van der Waals surface area contributed by atoms with Crippen molar-refractivity contribution in [2.24, 2.45) is 0 Å². The largest absolute Gasteiger partial charge is 0.464 e. The number of hydrogen-bond acceptors (Lipinski definition) is 8. The van der Waals surface area contributed by atoms with Gasteiger partial charge in [-0.15, -0.1) is 11.3 Å². The Bertz CT molecular complexity index is 1060. The summed E-state index contributed by atoms with van der Waals surface area (Å²) in [6.45, 7) is 0. The molecule has 136 valence electrons. The Hall–Kier alpha value is -2.85. The molecule has 0 spiro atoms. The van der Waals surface area contributed by atoms with E-state index in [0.29, 0.717) is 4.88 Å². The van der Waals surface area contributed by atoms with E-state index >= 15 is 0 Å². The van der Waals surface area contributed by atoms with Gasteiger partial charge in [0.05, 0.1) is 17.6 Å². The van der Waals surface area contributed by atoms with Gasteiger partial charge in [-0.05, 0) is 39.6 Å². The van der Waals surface area contributed by atoms with E-state index in [0.717, 1.165) is 10.0 Å². The zero-order valence-corrected chi connectivity index (χ0v) is 16.3. The summed E-state index contributed by atoms with van der Waals surface area (Å²) in [5.41, 5.74) is 1.01. The van der Waals surface area contributed by atoms with Crippen molar-refractivity contribution in [1.29, 1.82) is 0 Å². The van der Waals surface area contributed by atoms with E-state index in [1.54, 1.807) is 17.5 Å². The average molecular weight is 446 g/mol. The van der Waals surface area contributed by atoms with Crippen LogP contribution in [0.5, 0.6) is 0 Å². The van der Waals surface area contributed by atoms with Crippen LogP contribution in [0, 0.1) is 0 Å². The monoisotopic (exact) mass is 445 g/mol. The molecule has 10 heteroatoms. The van der Waals surface area contributed by atoms with Gasteiger partial charge in [-0.3, -0.25) is 4.79 Å². The number of allylic oxidation sites excluding steroid dienone is 1. The van der Waals surface area contributed by atoms with Crippen LogP contribution in [0.4, 0.5) is 5.95 Å². The number of halogens is 1. The molecule has 0 radical (unpaired) electrons. The lowest BCUT2D eigenvalue weighted by Crippen LogP contribution is -2.32. The molecule has 2 aromatic heterocycles. The number of ketones is 1. The molecule has 0 amide bonds. The van der Waals surface area contributed by atoms with Gasteiger partial charge in [-0.25, -0.2) is 4.79 Å². The van der Waals surface area contributed by atoms with Crippen molar-refractivity contribution < 1.29 is 14.3 Å². The molecule has 4 rings (SSSR count). The van der Waals surface area contributed by atoms with Crippen molar-refractivity contribution in [3.63, 3.8) is 0 Å². The van der Waals surface area contributed by atoms with Crippen molar-refractivity contribution in [1.82, 2.24) is 20.2 Å². The summed E-state index contributed by atoms with van der Waals surface area (Å²) in [6, 6.07) is 10.2. The first-order valence-corrected chi connectivity index (χ1v) is 9.48. The number of carbonyl (C=O) groups is 2. The minimum Gasteiger partial charge on any atom is -0.464 e. The van der Waals surface area contributed by atoms with E-state index in [9.17, 15) is 9.59 Å². The van der Waals surface area contributed by atoms with Gasteiger partial charge in [-0.1, -0.05) is 39.2 Å². The average Bonchev–Trinajstić information content (AvgIpc) is 3.36. The highest BCUT2D eigenvalue weighted by Gasteiger charge is 2.38. The molecule has 8 nitrogen and oxygen atoms in total. The summed E-state index contributed by atoms with van der Waals surface area (Å²) in [7, 11) is 1.26. The SMILES string of the molecule is COC(=O)C1=C(C(=O)c2cccs2)[C@H](c2cccc(Br)c2)n2nnnc2N1. The maximum absolute atomic E-state index is 13.3. The Morgan fingerprint density at radius 3 is 2.85 bits per heavy atom. The molecule has 0 fully saturated rings. The number of anilines is 1. The standard InChI is InChI=1S/C17H12BrN5O3S/c1-26-16(25)13-12(15(24)11-6-3-7-27-11)14(9-4-2-5-10(18)8-9)23-17(19-13)20-21-22-23/h2-8,14H,1H3,(H,19,20,22)/t14-/m0/s1. The first kappa shape index (κ1) is 17.6. The van der Waals surface area contributed by atoms with Gasteiger partial charge >= 0.3 is 5.97 Å². The molecule has 1 aromatic carbocycles. The quantitative estimate of drug-likeness (QED) is 0.486. The maximum Gasteiger partial charge on any atom is 0.355 e. The highest BCUT2D eigenvalue weighted by atomic mass is 79.9. The molecule has 1 N–H and O–H groups in total. The number of Topliss-reactive ketones (excluding diaryl/α,β-unsaturated/α-hetero) is 1. The molecule has 27 heavy (non-hydrogen) atoms. The third-order valence-corrected chi connectivity index (χ3v) is 5.42. The second-order valence-electron chi connectivity index (χ2n) is 5.62. The molecule has 1 atom stereocenters. The van der Waals surface area contributed by atoms with Crippen LogP contribution in [0.3, 0.4) is 0 Å². The summed E-state index contributed by atoms with van der Waals surface area (Å²) < 4.78 is 7.20. The van der Waals surface area contributed by atoms with Crippen LogP contribution in [0.2, 0.25) is 0 Å². The van der Waals surface area contributed by atoms with Crippen LogP contribution in [0.1, 0.15) is 21.3 Å². The lowest BCUT2D eigenvalue weighted by atomic mass is 9.91. The number of methoxy groups -OCH3 is 1. The summed E-state index contributed by atoms with van der Waals surface area (Å²) in [6.07, 6.45) is 0. The molecular formula is C17H12BrN5O3S. The van der Waals surface area contributed by atoms with Crippen LogP contribution >= 0.6 is 27.3 Å². The van der Waals surface area contributed by atoms with Crippen molar-refractivity contribution >= 4 is 45.0 Å². The first-order valence-electron chi connectivity index (χ1n) is 7.81. The molecule has 0 unspecified atom stereocenters. The summed E-state index contributed by atoms with van der Waals surface area (Å²) >= 11 is 4.74. The third kappa shape index (κ3) is 3.06. The lowest BCUT2D eigenvalue weighted by Gasteiger charge is -2.27. The fraction of sp³-hybridized carbons (Fsp3) is 0.118. The normalized spacial score (nSPS) is 15.9. The molecule has 0 saturated heterocycles. The van der Waals surface area contributed by atoms with E-state index in [-0.39, 0.29) is 23.0 Å². The maximum atomic E-state index is 13.3. The van der Waals surface area contributed by atoms with Crippen molar-refractivity contribution in [2.45, 2.75) is 6.04 Å². The number of nitrogens with one attached hydrogen (secondary N) is 1. The Labute approximate surface area is 166 Å². The minimum atomic E-state index is -0.683. The molecule has 0 saturated carbocycles. The van der Waals surface area contributed by atoms with Crippen LogP contribution in [0.25, 0.3) is 0 Å². The van der Waals surface area contributed by atoms with Crippen LogP contribution in [-0.2, 0) is 9.53 Å². The number of aromatic nitrogens is 4. The summed E-state index contributed by atoms with van der Waals surface area (Å²) in [5.74, 6) is -0.698. The Morgan fingerprint density at radius 1 is 1.30 bits per heavy atom. The van der Waals surface area contributed by atoms with Gasteiger partial charge in [-0.2, -0.15) is 4.68 Å². The molecule has 1 aliphatic rings. The van der Waals surface area contributed by atoms with Gasteiger partial charge in [0.25, 0.3) is 0 Å². The molecule has 1 aliphatic heterocycles. The number of esters is 1. The first-order chi connectivity index (χ1) is 13.1. The second-order valence-corrected chi connectivity index (χ2v) is 7.48. The predicted octanol–water partition coefficient (Wildman–Crippen LogP) is 2.82. The van der Waals surface area contributed by atoms with E-state index in [2.05, 4.69) is 36.8 Å². The zero-order chi connectivity index (χ0) is 19.0. The Balaban J connectivity index is 1.97. The number of fused-ring (bicyclic) bond motifs is 1. The number of carbonyl (C=O) groups excluding carboxylic acids is 2. The van der Waals surface area contributed by atoms with Crippen molar-refractivity contribution in [3.05, 3.63) is 68.0 Å². The van der Waals surface area contributed by atoms with E-state index < -0.39 is 12.0 Å². The van der Waals surface area contributed by atoms with E-state index in [1.807, 2.05) is 24.3 Å². The summed E-state index contributed by atoms with van der Waals surface area (Å²) in [5, 5.41) is 16.2. The Morgan fingerprint density at radius 2 is 2.15 bits per heavy atom. The smallest absolute Gasteiger partial charge is 0.355 e.